The van der Waals surface area contributed by atoms with Crippen molar-refractivity contribution in [3.05, 3.63) is 64.7 Å². The maximum Gasteiger partial charge on any atom is 0.243 e. The topological polar surface area (TPSA) is 37.4 Å². The van der Waals surface area contributed by atoms with Crippen LogP contribution in [0.1, 0.15) is 11.1 Å². The largest absolute Gasteiger partial charge is 0.243 e. The van der Waals surface area contributed by atoms with E-state index in [1.54, 1.807) is 25.2 Å². The van der Waals surface area contributed by atoms with Crippen molar-refractivity contribution >= 4 is 21.6 Å². The van der Waals surface area contributed by atoms with Gasteiger partial charge in [0.2, 0.25) is 10.0 Å². The van der Waals surface area contributed by atoms with E-state index in [1.807, 2.05) is 31.2 Å². The smallest absolute Gasteiger partial charge is 0.207 e. The normalized spacial score (nSPS) is 11.8. The highest BCUT2D eigenvalue weighted by atomic mass is 35.5. The minimum atomic E-state index is -3.52. The van der Waals surface area contributed by atoms with Crippen LogP contribution >= 0.6 is 11.6 Å². The van der Waals surface area contributed by atoms with E-state index in [-0.39, 0.29) is 4.90 Å². The summed E-state index contributed by atoms with van der Waals surface area (Å²) in [6.45, 7) is 2.32. The lowest BCUT2D eigenvalue weighted by Gasteiger charge is -2.17. The van der Waals surface area contributed by atoms with E-state index in [4.69, 9.17) is 11.6 Å². The van der Waals surface area contributed by atoms with Crippen molar-refractivity contribution in [2.45, 2.75) is 18.4 Å². The second kappa shape index (κ2) is 5.95. The van der Waals surface area contributed by atoms with Gasteiger partial charge < -0.3 is 0 Å². The Morgan fingerprint density at radius 2 is 1.75 bits per heavy atom. The monoisotopic (exact) mass is 309 g/mol. The SMILES string of the molecule is Cc1ccc(CN(C)S(=O)(=O)c2cccc(Cl)c2)cc1. The van der Waals surface area contributed by atoms with Crippen LogP contribution in [0, 0.1) is 6.92 Å². The van der Waals surface area contributed by atoms with Crippen LogP contribution in [0.5, 0.6) is 0 Å². The predicted octanol–water partition coefficient (Wildman–Crippen LogP) is 3.47. The molecule has 0 aromatic heterocycles. The summed E-state index contributed by atoms with van der Waals surface area (Å²) < 4.78 is 26.2. The zero-order chi connectivity index (χ0) is 14.8. The molecule has 0 radical (unpaired) electrons. The second-order valence-corrected chi connectivity index (χ2v) is 7.19. The van der Waals surface area contributed by atoms with Crippen LogP contribution in [0.3, 0.4) is 0 Å². The van der Waals surface area contributed by atoms with Crippen LogP contribution < -0.4 is 0 Å². The third-order valence-corrected chi connectivity index (χ3v) is 5.06. The summed E-state index contributed by atoms with van der Waals surface area (Å²) in [5, 5.41) is 0.412. The maximum absolute atomic E-state index is 12.4. The lowest BCUT2D eigenvalue weighted by molar-refractivity contribution is 0.466. The quantitative estimate of drug-likeness (QED) is 0.867. The molecule has 0 bridgehead atoms. The maximum atomic E-state index is 12.4. The van der Waals surface area contributed by atoms with Gasteiger partial charge in [0, 0.05) is 18.6 Å². The third-order valence-electron chi connectivity index (χ3n) is 3.03. The van der Waals surface area contributed by atoms with Crippen molar-refractivity contribution in [3.63, 3.8) is 0 Å². The van der Waals surface area contributed by atoms with Crippen molar-refractivity contribution in [2.75, 3.05) is 7.05 Å². The second-order valence-electron chi connectivity index (χ2n) is 4.70. The number of sulfonamides is 1. The number of rotatable bonds is 4. The molecule has 0 heterocycles. The van der Waals surface area contributed by atoms with Gasteiger partial charge in [0.25, 0.3) is 0 Å². The number of benzene rings is 2. The summed E-state index contributed by atoms with van der Waals surface area (Å²) in [6.07, 6.45) is 0. The Hall–Kier alpha value is -1.36. The summed E-state index contributed by atoms with van der Waals surface area (Å²) in [5.74, 6) is 0. The number of hydrogen-bond donors (Lipinski definition) is 0. The Morgan fingerprint density at radius 1 is 1.10 bits per heavy atom. The van der Waals surface area contributed by atoms with E-state index in [0.29, 0.717) is 11.6 Å². The van der Waals surface area contributed by atoms with Gasteiger partial charge in [-0.2, -0.15) is 4.31 Å². The lowest BCUT2D eigenvalue weighted by Crippen LogP contribution is -2.26. The molecule has 2 rings (SSSR count). The summed E-state index contributed by atoms with van der Waals surface area (Å²) in [5.41, 5.74) is 2.10. The summed E-state index contributed by atoms with van der Waals surface area (Å²) >= 11 is 5.85. The molecule has 0 amide bonds. The van der Waals surface area contributed by atoms with Crippen LogP contribution in [0.2, 0.25) is 5.02 Å². The van der Waals surface area contributed by atoms with E-state index in [0.717, 1.165) is 11.1 Å². The fraction of sp³-hybridized carbons (Fsp3) is 0.200. The molecule has 0 saturated carbocycles. The standard InChI is InChI=1S/C15H16ClNO2S/c1-12-6-8-13(9-7-12)11-17(2)20(18,19)15-5-3-4-14(16)10-15/h3-10H,11H2,1-2H3. The fourth-order valence-electron chi connectivity index (χ4n) is 1.84. The zero-order valence-electron chi connectivity index (χ0n) is 11.4. The molecule has 20 heavy (non-hydrogen) atoms. The number of hydrogen-bond acceptors (Lipinski definition) is 2. The van der Waals surface area contributed by atoms with E-state index < -0.39 is 10.0 Å². The van der Waals surface area contributed by atoms with Crippen molar-refractivity contribution in [2.24, 2.45) is 0 Å². The van der Waals surface area contributed by atoms with Crippen LogP contribution in [0.4, 0.5) is 0 Å². The van der Waals surface area contributed by atoms with Gasteiger partial charge in [-0.05, 0) is 30.7 Å². The average Bonchev–Trinajstić information content (AvgIpc) is 2.41. The van der Waals surface area contributed by atoms with E-state index in [9.17, 15) is 8.42 Å². The lowest BCUT2D eigenvalue weighted by atomic mass is 10.1. The Labute approximate surface area is 124 Å². The van der Waals surface area contributed by atoms with E-state index in [2.05, 4.69) is 0 Å². The molecule has 0 aliphatic rings. The molecule has 0 saturated heterocycles. The average molecular weight is 310 g/mol. The van der Waals surface area contributed by atoms with Gasteiger partial charge >= 0.3 is 0 Å². The molecule has 106 valence electrons. The molecule has 0 spiro atoms. The van der Waals surface area contributed by atoms with Crippen molar-refractivity contribution in [3.8, 4) is 0 Å². The highest BCUT2D eigenvalue weighted by molar-refractivity contribution is 7.89. The van der Waals surface area contributed by atoms with Crippen molar-refractivity contribution < 1.29 is 8.42 Å². The van der Waals surface area contributed by atoms with E-state index >= 15 is 0 Å². The molecule has 0 aliphatic heterocycles. The van der Waals surface area contributed by atoms with Gasteiger partial charge in [-0.25, -0.2) is 8.42 Å². The van der Waals surface area contributed by atoms with Crippen LogP contribution in [-0.2, 0) is 16.6 Å². The minimum absolute atomic E-state index is 0.208. The summed E-state index contributed by atoms with van der Waals surface area (Å²) in [4.78, 5) is 0.208. The number of aryl methyl sites for hydroxylation is 1. The molecular weight excluding hydrogens is 294 g/mol. The van der Waals surface area contributed by atoms with Crippen LogP contribution in [0.15, 0.2) is 53.4 Å². The Balaban J connectivity index is 2.23. The van der Waals surface area contributed by atoms with Crippen LogP contribution in [0.25, 0.3) is 0 Å². The number of halogens is 1. The van der Waals surface area contributed by atoms with Crippen molar-refractivity contribution in [1.82, 2.24) is 4.31 Å². The third kappa shape index (κ3) is 3.39. The Kier molecular flexibility index (Phi) is 4.48. The van der Waals surface area contributed by atoms with Gasteiger partial charge in [0.1, 0.15) is 0 Å². The van der Waals surface area contributed by atoms with Gasteiger partial charge in [-0.3, -0.25) is 0 Å². The molecular formula is C15H16ClNO2S. The van der Waals surface area contributed by atoms with Gasteiger partial charge in [-0.15, -0.1) is 0 Å². The minimum Gasteiger partial charge on any atom is -0.207 e. The first-order valence-electron chi connectivity index (χ1n) is 6.17. The molecule has 2 aromatic rings. The zero-order valence-corrected chi connectivity index (χ0v) is 12.9. The van der Waals surface area contributed by atoms with Gasteiger partial charge in [0.15, 0.2) is 0 Å². The molecule has 0 atom stereocenters. The van der Waals surface area contributed by atoms with E-state index in [1.165, 1.54) is 10.4 Å². The molecule has 0 unspecified atom stereocenters. The van der Waals surface area contributed by atoms with Crippen molar-refractivity contribution in [1.29, 1.82) is 0 Å². The molecule has 3 nitrogen and oxygen atoms in total. The fourth-order valence-corrected chi connectivity index (χ4v) is 3.30. The Morgan fingerprint density at radius 3 is 2.35 bits per heavy atom. The van der Waals surface area contributed by atoms with Crippen LogP contribution in [-0.4, -0.2) is 19.8 Å². The first kappa shape index (κ1) is 15.0. The molecule has 2 aromatic carbocycles. The first-order valence-corrected chi connectivity index (χ1v) is 7.99. The first-order chi connectivity index (χ1) is 9.39. The molecule has 0 aliphatic carbocycles. The Bertz CT molecular complexity index is 696. The van der Waals surface area contributed by atoms with Gasteiger partial charge in [-0.1, -0.05) is 47.5 Å². The highest BCUT2D eigenvalue weighted by Gasteiger charge is 2.20. The van der Waals surface area contributed by atoms with Gasteiger partial charge in [0.05, 0.1) is 4.90 Å². The molecule has 0 fully saturated rings. The number of nitrogens with zero attached hydrogens (tertiary/aromatic N) is 1. The predicted molar refractivity (Wildman–Crippen MR) is 81.3 cm³/mol. The highest BCUT2D eigenvalue weighted by Crippen LogP contribution is 2.20. The molecule has 5 heteroatoms. The molecule has 0 N–H and O–H groups in total. The summed E-state index contributed by atoms with van der Waals surface area (Å²) in [7, 11) is -1.96. The summed E-state index contributed by atoms with van der Waals surface area (Å²) in [6, 6.07) is 14.1.